The van der Waals surface area contributed by atoms with Gasteiger partial charge < -0.3 is 20.4 Å². The smallest absolute Gasteiger partial charge is 0.223 e. The number of nitrogens with one attached hydrogen (secondary N) is 1. The quantitative estimate of drug-likeness (QED) is 0.611. The van der Waals surface area contributed by atoms with Crippen LogP contribution in [-0.2, 0) is 4.79 Å². The Labute approximate surface area is 108 Å². The van der Waals surface area contributed by atoms with Crippen LogP contribution in [0.2, 0.25) is 0 Å². The maximum atomic E-state index is 12.1. The first-order valence-corrected chi connectivity index (χ1v) is 6.98. The van der Waals surface area contributed by atoms with E-state index in [1.54, 1.807) is 4.90 Å². The van der Waals surface area contributed by atoms with Crippen molar-refractivity contribution in [3.8, 4) is 0 Å². The number of hydrogen-bond donors (Lipinski definition) is 3. The molecule has 5 nitrogen and oxygen atoms in total. The minimum atomic E-state index is -0.0385. The van der Waals surface area contributed by atoms with Gasteiger partial charge in [0, 0.05) is 31.6 Å². The predicted molar refractivity (Wildman–Crippen MR) is 68.0 cm³/mol. The van der Waals surface area contributed by atoms with Gasteiger partial charge in [0.1, 0.15) is 0 Å². The molecular weight excluding hydrogens is 232 g/mol. The van der Waals surface area contributed by atoms with Crippen molar-refractivity contribution in [2.45, 2.75) is 44.2 Å². The second-order valence-corrected chi connectivity index (χ2v) is 5.51. The Morgan fingerprint density at radius 2 is 1.67 bits per heavy atom. The number of hydrogen-bond acceptors (Lipinski definition) is 4. The summed E-state index contributed by atoms with van der Waals surface area (Å²) < 4.78 is 0. The number of rotatable bonds is 6. The molecule has 2 bridgehead atoms. The molecule has 2 aliphatic rings. The van der Waals surface area contributed by atoms with Gasteiger partial charge in [0.2, 0.25) is 5.91 Å². The van der Waals surface area contributed by atoms with Crippen LogP contribution in [0, 0.1) is 5.92 Å². The van der Waals surface area contributed by atoms with Gasteiger partial charge in [-0.05, 0) is 31.6 Å². The van der Waals surface area contributed by atoms with Gasteiger partial charge in [-0.2, -0.15) is 0 Å². The Morgan fingerprint density at radius 3 is 2.17 bits per heavy atom. The van der Waals surface area contributed by atoms with Gasteiger partial charge >= 0.3 is 0 Å². The Balaban J connectivity index is 1.82. The van der Waals surface area contributed by atoms with Gasteiger partial charge in [-0.3, -0.25) is 4.79 Å². The third-order valence-corrected chi connectivity index (χ3v) is 4.13. The number of piperidine rings is 1. The first-order valence-electron chi connectivity index (χ1n) is 6.98. The van der Waals surface area contributed by atoms with Crippen LogP contribution in [0.25, 0.3) is 0 Å². The predicted octanol–water partition coefficient (Wildman–Crippen LogP) is -0.280. The van der Waals surface area contributed by atoms with E-state index in [2.05, 4.69) is 5.32 Å². The number of carbonyl (C=O) groups is 1. The first-order chi connectivity index (χ1) is 8.72. The Kier molecular flexibility index (Phi) is 4.97. The fourth-order valence-electron chi connectivity index (χ4n) is 3.32. The van der Waals surface area contributed by atoms with E-state index in [0.29, 0.717) is 37.5 Å². The van der Waals surface area contributed by atoms with Crippen molar-refractivity contribution in [1.29, 1.82) is 0 Å². The van der Waals surface area contributed by atoms with Gasteiger partial charge in [-0.25, -0.2) is 0 Å². The van der Waals surface area contributed by atoms with Crippen LogP contribution in [0.5, 0.6) is 0 Å². The van der Waals surface area contributed by atoms with Crippen molar-refractivity contribution >= 4 is 5.91 Å². The second kappa shape index (κ2) is 6.50. The van der Waals surface area contributed by atoms with Crippen LogP contribution in [0.1, 0.15) is 32.1 Å². The summed E-state index contributed by atoms with van der Waals surface area (Å²) in [6, 6.07) is 1.20. The van der Waals surface area contributed by atoms with E-state index in [0.717, 1.165) is 12.8 Å². The molecular formula is C13H24N2O3. The highest BCUT2D eigenvalue weighted by atomic mass is 16.3. The van der Waals surface area contributed by atoms with Crippen LogP contribution in [-0.4, -0.2) is 59.4 Å². The van der Waals surface area contributed by atoms with Crippen LogP contribution in [0.4, 0.5) is 0 Å². The summed E-state index contributed by atoms with van der Waals surface area (Å²) in [5, 5.41) is 21.4. The largest absolute Gasteiger partial charge is 0.395 e. The molecule has 0 spiro atoms. The topological polar surface area (TPSA) is 72.8 Å². The lowest BCUT2D eigenvalue weighted by atomic mass is 9.89. The fourth-order valence-corrected chi connectivity index (χ4v) is 3.32. The van der Waals surface area contributed by atoms with Crippen molar-refractivity contribution < 1.29 is 15.0 Å². The summed E-state index contributed by atoms with van der Waals surface area (Å²) in [4.78, 5) is 13.7. The summed E-state index contributed by atoms with van der Waals surface area (Å²) in [7, 11) is 0. The molecule has 2 unspecified atom stereocenters. The van der Waals surface area contributed by atoms with Crippen molar-refractivity contribution in [3.05, 3.63) is 0 Å². The molecule has 0 radical (unpaired) electrons. The number of carbonyl (C=O) groups excluding carboxylic acids is 1. The minimum absolute atomic E-state index is 0.0385. The van der Waals surface area contributed by atoms with Crippen molar-refractivity contribution in [1.82, 2.24) is 10.2 Å². The van der Waals surface area contributed by atoms with E-state index in [-0.39, 0.29) is 19.1 Å². The molecule has 0 saturated carbocycles. The molecule has 5 heteroatoms. The summed E-state index contributed by atoms with van der Waals surface area (Å²) in [5.74, 6) is 0.542. The molecule has 1 amide bonds. The number of nitrogens with zero attached hydrogens (tertiary/aromatic N) is 1. The maximum Gasteiger partial charge on any atom is 0.223 e. The molecule has 0 aromatic carbocycles. The SMILES string of the molecule is O=C(CC1CC2CCC(C1)N2)N(CCO)CCO. The van der Waals surface area contributed by atoms with E-state index in [4.69, 9.17) is 10.2 Å². The van der Waals surface area contributed by atoms with Gasteiger partial charge in [0.25, 0.3) is 0 Å². The first kappa shape index (κ1) is 13.8. The van der Waals surface area contributed by atoms with Gasteiger partial charge in [0.05, 0.1) is 13.2 Å². The highest BCUT2D eigenvalue weighted by molar-refractivity contribution is 5.76. The van der Waals surface area contributed by atoms with Gasteiger partial charge in [-0.1, -0.05) is 0 Å². The van der Waals surface area contributed by atoms with E-state index in [1.165, 1.54) is 12.8 Å². The summed E-state index contributed by atoms with van der Waals surface area (Å²) in [6.45, 7) is 0.584. The molecule has 2 fully saturated rings. The summed E-state index contributed by atoms with van der Waals surface area (Å²) in [5.41, 5.74) is 0. The molecule has 2 saturated heterocycles. The van der Waals surface area contributed by atoms with Crippen LogP contribution in [0.15, 0.2) is 0 Å². The second-order valence-electron chi connectivity index (χ2n) is 5.51. The number of aliphatic hydroxyl groups excluding tert-OH is 2. The molecule has 2 atom stereocenters. The zero-order chi connectivity index (χ0) is 13.0. The van der Waals surface area contributed by atoms with E-state index in [9.17, 15) is 4.79 Å². The molecule has 0 aromatic rings. The number of aliphatic hydroxyl groups is 2. The fraction of sp³-hybridized carbons (Fsp3) is 0.923. The lowest BCUT2D eigenvalue weighted by molar-refractivity contribution is -0.133. The van der Waals surface area contributed by atoms with Gasteiger partial charge in [0.15, 0.2) is 0 Å². The summed E-state index contributed by atoms with van der Waals surface area (Å²) >= 11 is 0. The molecule has 2 aliphatic heterocycles. The molecule has 3 N–H and O–H groups in total. The lowest BCUT2D eigenvalue weighted by Gasteiger charge is -2.30. The summed E-state index contributed by atoms with van der Waals surface area (Å²) in [6.07, 6.45) is 5.23. The molecule has 18 heavy (non-hydrogen) atoms. The monoisotopic (exact) mass is 256 g/mol. The van der Waals surface area contributed by atoms with E-state index >= 15 is 0 Å². The molecule has 0 aromatic heterocycles. The Bertz CT molecular complexity index is 267. The lowest BCUT2D eigenvalue weighted by Crippen LogP contribution is -2.41. The molecule has 104 valence electrons. The third kappa shape index (κ3) is 3.43. The molecule has 2 heterocycles. The highest BCUT2D eigenvalue weighted by Crippen LogP contribution is 2.32. The van der Waals surface area contributed by atoms with Crippen LogP contribution >= 0.6 is 0 Å². The van der Waals surface area contributed by atoms with E-state index in [1.807, 2.05) is 0 Å². The van der Waals surface area contributed by atoms with Crippen LogP contribution in [0.3, 0.4) is 0 Å². The Morgan fingerprint density at radius 1 is 1.11 bits per heavy atom. The molecule has 2 rings (SSSR count). The maximum absolute atomic E-state index is 12.1. The highest BCUT2D eigenvalue weighted by Gasteiger charge is 2.34. The van der Waals surface area contributed by atoms with Gasteiger partial charge in [-0.15, -0.1) is 0 Å². The van der Waals surface area contributed by atoms with Crippen molar-refractivity contribution in [3.63, 3.8) is 0 Å². The third-order valence-electron chi connectivity index (χ3n) is 4.13. The van der Waals surface area contributed by atoms with Crippen LogP contribution < -0.4 is 5.32 Å². The Hall–Kier alpha value is -0.650. The zero-order valence-electron chi connectivity index (χ0n) is 10.8. The normalized spacial score (nSPS) is 30.4. The van der Waals surface area contributed by atoms with E-state index < -0.39 is 0 Å². The van der Waals surface area contributed by atoms with Crippen molar-refractivity contribution in [2.75, 3.05) is 26.3 Å². The average molecular weight is 256 g/mol. The average Bonchev–Trinajstić information content (AvgIpc) is 2.68. The number of amides is 1. The zero-order valence-corrected chi connectivity index (χ0v) is 10.8. The van der Waals surface area contributed by atoms with Crippen molar-refractivity contribution in [2.24, 2.45) is 5.92 Å². The standard InChI is InChI=1S/C13H24N2O3/c16-5-3-15(4-6-17)13(18)9-10-7-11-1-2-12(8-10)14-11/h10-12,14,16-17H,1-9H2. The molecule has 0 aliphatic carbocycles. The minimum Gasteiger partial charge on any atom is -0.395 e. The number of fused-ring (bicyclic) bond motifs is 2.